The van der Waals surface area contributed by atoms with E-state index in [9.17, 15) is 36.3 Å². The molecule has 1 aromatic rings. The minimum atomic E-state index is -2.36. The molecule has 7 nitrogen and oxygen atoms in total. The van der Waals surface area contributed by atoms with Crippen LogP contribution in [0.4, 0.5) is 22.0 Å². The smallest absolute Gasteiger partial charge is 0.243 e. The number of rotatable bonds is 7. The predicted octanol–water partition coefficient (Wildman–Crippen LogP) is -1.03. The van der Waals surface area contributed by atoms with Gasteiger partial charge in [0.15, 0.2) is 23.3 Å². The molecule has 0 aliphatic rings. The largest absolute Gasteiger partial charge is 0.368 e. The van der Waals surface area contributed by atoms with E-state index >= 15 is 0 Å². The van der Waals surface area contributed by atoms with Crippen LogP contribution in [0.2, 0.25) is 0 Å². The lowest BCUT2D eigenvalue weighted by Gasteiger charge is -2.19. The van der Waals surface area contributed by atoms with Gasteiger partial charge in [0.05, 0.1) is 13.1 Å². The third kappa shape index (κ3) is 4.86. The van der Waals surface area contributed by atoms with Gasteiger partial charge in [0.25, 0.3) is 0 Å². The molecule has 0 heterocycles. The van der Waals surface area contributed by atoms with E-state index in [4.69, 9.17) is 11.5 Å². The fourth-order valence-corrected chi connectivity index (χ4v) is 1.79. The maximum atomic E-state index is 13.7. The summed E-state index contributed by atoms with van der Waals surface area (Å²) in [6.07, 6.45) is -1.08. The Morgan fingerprint density at radius 3 is 1.84 bits per heavy atom. The monoisotopic (exact) mass is 368 g/mol. The summed E-state index contributed by atoms with van der Waals surface area (Å²) in [5, 5.41) is 3.88. The fourth-order valence-electron chi connectivity index (χ4n) is 1.79. The van der Waals surface area contributed by atoms with Crippen molar-refractivity contribution < 1.29 is 36.3 Å². The summed E-state index contributed by atoms with van der Waals surface area (Å²) in [7, 11) is 0. The van der Waals surface area contributed by atoms with E-state index in [-0.39, 0.29) is 0 Å². The van der Waals surface area contributed by atoms with Crippen LogP contribution < -0.4 is 22.1 Å². The zero-order valence-electron chi connectivity index (χ0n) is 12.5. The average molecular weight is 368 g/mol. The third-order valence-electron chi connectivity index (χ3n) is 2.98. The lowest BCUT2D eigenvalue weighted by atomic mass is 10.0. The lowest BCUT2D eigenvalue weighted by molar-refractivity contribution is -0.129. The van der Waals surface area contributed by atoms with Crippen molar-refractivity contribution in [3.05, 3.63) is 34.6 Å². The second-order valence-electron chi connectivity index (χ2n) is 4.76. The average Bonchev–Trinajstić information content (AvgIpc) is 2.58. The van der Waals surface area contributed by atoms with Gasteiger partial charge >= 0.3 is 0 Å². The Bertz CT molecular complexity index is 684. The molecule has 0 aliphatic heterocycles. The number of nitrogens with two attached hydrogens (primary N) is 2. The van der Waals surface area contributed by atoms with E-state index in [0.717, 1.165) is 0 Å². The van der Waals surface area contributed by atoms with Crippen molar-refractivity contribution in [1.29, 1.82) is 0 Å². The number of nitrogens with one attached hydrogen (secondary N) is 2. The standard InChI is InChI=1S/C13H13F5N4O3/c14-8-4(9(15)11(17)12(18)10(8)16)1-5(22-7(24)2-19)13(25)21-3-6(20)23/h5H,1-3,19H2,(H2,20,23)(H,21,25)(H,22,24). The van der Waals surface area contributed by atoms with E-state index in [1.807, 2.05) is 10.6 Å². The summed E-state index contributed by atoms with van der Waals surface area (Å²) < 4.78 is 66.8. The lowest BCUT2D eigenvalue weighted by Crippen LogP contribution is -2.51. The van der Waals surface area contributed by atoms with Gasteiger partial charge in [-0.2, -0.15) is 0 Å². The van der Waals surface area contributed by atoms with Gasteiger partial charge in [-0.15, -0.1) is 0 Å². The Kier molecular flexibility index (Phi) is 6.79. The molecule has 0 spiro atoms. The molecule has 6 N–H and O–H groups in total. The van der Waals surface area contributed by atoms with Gasteiger partial charge in [0.2, 0.25) is 23.5 Å². The Morgan fingerprint density at radius 2 is 1.40 bits per heavy atom. The number of hydrogen-bond acceptors (Lipinski definition) is 4. The van der Waals surface area contributed by atoms with Gasteiger partial charge < -0.3 is 22.1 Å². The van der Waals surface area contributed by atoms with Gasteiger partial charge in [-0.3, -0.25) is 14.4 Å². The second kappa shape index (κ2) is 8.37. The highest BCUT2D eigenvalue weighted by Gasteiger charge is 2.30. The normalized spacial score (nSPS) is 11.8. The van der Waals surface area contributed by atoms with Crippen molar-refractivity contribution in [3.8, 4) is 0 Å². The van der Waals surface area contributed by atoms with E-state index in [1.165, 1.54) is 0 Å². The molecule has 0 saturated carbocycles. The molecule has 0 fully saturated rings. The summed E-state index contributed by atoms with van der Waals surface area (Å²) in [5.41, 5.74) is 8.52. The Labute approximate surface area is 137 Å². The van der Waals surface area contributed by atoms with Gasteiger partial charge in [-0.25, -0.2) is 22.0 Å². The number of amides is 3. The molecule has 138 valence electrons. The highest BCUT2D eigenvalue weighted by Crippen LogP contribution is 2.24. The Morgan fingerprint density at radius 1 is 0.920 bits per heavy atom. The molecule has 0 aliphatic carbocycles. The second-order valence-corrected chi connectivity index (χ2v) is 4.76. The van der Waals surface area contributed by atoms with Crippen LogP contribution in [0.3, 0.4) is 0 Å². The van der Waals surface area contributed by atoms with E-state index in [2.05, 4.69) is 0 Å². The number of carbonyl (C=O) groups is 3. The van der Waals surface area contributed by atoms with Gasteiger partial charge in [-0.1, -0.05) is 0 Å². The number of carbonyl (C=O) groups excluding carboxylic acids is 3. The number of primary amides is 1. The Balaban J connectivity index is 3.19. The van der Waals surface area contributed by atoms with Gasteiger partial charge in [-0.05, 0) is 0 Å². The van der Waals surface area contributed by atoms with Crippen LogP contribution in [0.25, 0.3) is 0 Å². The van der Waals surface area contributed by atoms with Crippen molar-refractivity contribution in [1.82, 2.24) is 10.6 Å². The maximum Gasteiger partial charge on any atom is 0.243 e. The highest BCUT2D eigenvalue weighted by atomic mass is 19.2. The SMILES string of the molecule is NCC(=O)NC(Cc1c(F)c(F)c(F)c(F)c1F)C(=O)NCC(N)=O. The summed E-state index contributed by atoms with van der Waals surface area (Å²) in [6.45, 7) is -1.29. The van der Waals surface area contributed by atoms with Gasteiger partial charge in [0.1, 0.15) is 6.04 Å². The summed E-state index contributed by atoms with van der Waals surface area (Å²) in [6, 6.07) is -1.76. The molecule has 0 radical (unpaired) electrons. The molecule has 0 bridgehead atoms. The summed E-state index contributed by atoms with van der Waals surface area (Å²) >= 11 is 0. The van der Waals surface area contributed by atoms with Crippen molar-refractivity contribution >= 4 is 17.7 Å². The molecular formula is C13H13F5N4O3. The first kappa shape index (κ1) is 20.3. The van der Waals surface area contributed by atoms with Crippen LogP contribution in [0.5, 0.6) is 0 Å². The molecule has 1 atom stereocenters. The van der Waals surface area contributed by atoms with Crippen LogP contribution >= 0.6 is 0 Å². The van der Waals surface area contributed by atoms with Crippen molar-refractivity contribution in [2.75, 3.05) is 13.1 Å². The summed E-state index contributed by atoms with van der Waals surface area (Å²) in [5.74, 6) is -14.1. The molecule has 0 aromatic heterocycles. The molecule has 3 amide bonds. The van der Waals surface area contributed by atoms with Crippen molar-refractivity contribution in [2.24, 2.45) is 11.5 Å². The highest BCUT2D eigenvalue weighted by molar-refractivity contribution is 5.90. The van der Waals surface area contributed by atoms with E-state index in [0.29, 0.717) is 0 Å². The zero-order chi connectivity index (χ0) is 19.3. The first-order valence-electron chi connectivity index (χ1n) is 6.65. The van der Waals surface area contributed by atoms with E-state index < -0.39 is 77.9 Å². The fraction of sp³-hybridized carbons (Fsp3) is 0.308. The molecule has 25 heavy (non-hydrogen) atoms. The quantitative estimate of drug-likeness (QED) is 0.279. The van der Waals surface area contributed by atoms with Crippen molar-refractivity contribution in [3.63, 3.8) is 0 Å². The maximum absolute atomic E-state index is 13.7. The molecule has 1 rings (SSSR count). The predicted molar refractivity (Wildman–Crippen MR) is 73.1 cm³/mol. The van der Waals surface area contributed by atoms with Crippen LogP contribution in [-0.2, 0) is 20.8 Å². The van der Waals surface area contributed by atoms with E-state index in [1.54, 1.807) is 0 Å². The van der Waals surface area contributed by atoms with Crippen molar-refractivity contribution in [2.45, 2.75) is 12.5 Å². The number of halogens is 5. The molecular weight excluding hydrogens is 355 g/mol. The van der Waals surface area contributed by atoms with Gasteiger partial charge in [0, 0.05) is 12.0 Å². The number of benzene rings is 1. The molecule has 1 aromatic carbocycles. The summed E-state index contributed by atoms with van der Waals surface area (Å²) in [4.78, 5) is 33.8. The third-order valence-corrected chi connectivity index (χ3v) is 2.98. The minimum Gasteiger partial charge on any atom is -0.368 e. The molecule has 12 heteroatoms. The molecule has 0 saturated heterocycles. The van der Waals surface area contributed by atoms with Crippen LogP contribution in [0.15, 0.2) is 0 Å². The topological polar surface area (TPSA) is 127 Å². The first-order valence-corrected chi connectivity index (χ1v) is 6.65. The Hall–Kier alpha value is -2.76. The molecule has 1 unspecified atom stereocenters. The van der Waals surface area contributed by atoms with Crippen LogP contribution in [0, 0.1) is 29.1 Å². The van der Waals surface area contributed by atoms with Crippen LogP contribution in [0.1, 0.15) is 5.56 Å². The minimum absolute atomic E-state index is 0.614. The zero-order valence-corrected chi connectivity index (χ0v) is 12.5. The first-order chi connectivity index (χ1) is 11.6. The number of hydrogen-bond donors (Lipinski definition) is 4. The van der Waals surface area contributed by atoms with Crippen LogP contribution in [-0.4, -0.2) is 36.9 Å².